The average Bonchev–Trinajstić information content (AvgIpc) is 3.16. The van der Waals surface area contributed by atoms with E-state index in [0.29, 0.717) is 18.7 Å². The van der Waals surface area contributed by atoms with Gasteiger partial charge in [-0.1, -0.05) is 23.8 Å². The van der Waals surface area contributed by atoms with E-state index in [0.717, 1.165) is 9.54 Å². The van der Waals surface area contributed by atoms with Gasteiger partial charge >= 0.3 is 6.09 Å². The van der Waals surface area contributed by atoms with E-state index in [9.17, 15) is 18.0 Å². The standard InChI is InChI=1S/C22H30N4O5S/c1-6-7-12-23-20(27)19(25-21(28)31-22(3,4)5)13-17-14-26(15-24-17)32(29,30)18-10-8-16(2)9-11-18/h6,8-11,14-15,19H,1,7,12-13H2,2-5H3,(H,23,27)(H,25,28)/t19-/m0/s1. The van der Waals surface area contributed by atoms with Crippen molar-refractivity contribution in [2.45, 2.75) is 57.1 Å². The molecule has 10 heteroatoms. The molecule has 9 nitrogen and oxygen atoms in total. The molecule has 0 aliphatic carbocycles. The van der Waals surface area contributed by atoms with Crippen LogP contribution in [0.15, 0.2) is 54.3 Å². The van der Waals surface area contributed by atoms with Crippen LogP contribution in [0.5, 0.6) is 0 Å². The largest absolute Gasteiger partial charge is 0.444 e. The molecule has 2 N–H and O–H groups in total. The first-order chi connectivity index (χ1) is 14.9. The fourth-order valence-corrected chi connectivity index (χ4v) is 3.86. The summed E-state index contributed by atoms with van der Waals surface area (Å²) >= 11 is 0. The second-order valence-electron chi connectivity index (χ2n) is 8.28. The number of nitrogens with zero attached hydrogens (tertiary/aromatic N) is 2. The summed E-state index contributed by atoms with van der Waals surface area (Å²) in [6, 6.07) is 5.45. The van der Waals surface area contributed by atoms with Crippen molar-refractivity contribution in [1.82, 2.24) is 19.6 Å². The quantitative estimate of drug-likeness (QED) is 0.437. The molecule has 1 heterocycles. The molecular formula is C22H30N4O5S. The Morgan fingerprint density at radius 1 is 1.25 bits per heavy atom. The zero-order valence-corrected chi connectivity index (χ0v) is 19.6. The first-order valence-electron chi connectivity index (χ1n) is 10.2. The normalized spacial score (nSPS) is 12.6. The van der Waals surface area contributed by atoms with Crippen molar-refractivity contribution in [3.05, 3.63) is 60.7 Å². The summed E-state index contributed by atoms with van der Waals surface area (Å²) in [5, 5.41) is 5.24. The Bertz CT molecular complexity index is 1050. The van der Waals surface area contributed by atoms with Crippen LogP contribution in [0.25, 0.3) is 0 Å². The maximum Gasteiger partial charge on any atom is 0.408 e. The van der Waals surface area contributed by atoms with Gasteiger partial charge in [0.05, 0.1) is 10.6 Å². The van der Waals surface area contributed by atoms with Crippen molar-refractivity contribution in [2.75, 3.05) is 6.54 Å². The molecule has 1 atom stereocenters. The van der Waals surface area contributed by atoms with Crippen molar-refractivity contribution in [3.8, 4) is 0 Å². The number of benzene rings is 1. The molecule has 0 aliphatic heterocycles. The Morgan fingerprint density at radius 2 is 1.91 bits per heavy atom. The van der Waals surface area contributed by atoms with Crippen molar-refractivity contribution in [1.29, 1.82) is 0 Å². The Hall–Kier alpha value is -3.14. The van der Waals surface area contributed by atoms with Gasteiger partial charge in [-0.05, 0) is 46.2 Å². The minimum Gasteiger partial charge on any atom is -0.444 e. The number of carbonyl (C=O) groups excluding carboxylic acids is 2. The molecule has 0 saturated carbocycles. The number of nitrogens with one attached hydrogen (secondary N) is 2. The smallest absolute Gasteiger partial charge is 0.408 e. The number of amides is 2. The molecule has 2 aromatic rings. The highest BCUT2D eigenvalue weighted by molar-refractivity contribution is 7.90. The first kappa shape index (κ1) is 25.1. The van der Waals surface area contributed by atoms with Gasteiger partial charge in [-0.15, -0.1) is 6.58 Å². The van der Waals surface area contributed by atoms with Crippen molar-refractivity contribution in [2.24, 2.45) is 0 Å². The summed E-state index contributed by atoms with van der Waals surface area (Å²) in [4.78, 5) is 29.1. The summed E-state index contributed by atoms with van der Waals surface area (Å²) < 4.78 is 31.9. The van der Waals surface area contributed by atoms with Crippen molar-refractivity contribution in [3.63, 3.8) is 0 Å². The number of hydrogen-bond donors (Lipinski definition) is 2. The third-order valence-corrected chi connectivity index (χ3v) is 5.90. The van der Waals surface area contributed by atoms with Crippen LogP contribution in [-0.4, -0.2) is 47.6 Å². The number of aromatic nitrogens is 2. The van der Waals surface area contributed by atoms with Crippen molar-refractivity contribution >= 4 is 22.0 Å². The highest BCUT2D eigenvalue weighted by Gasteiger charge is 2.26. The van der Waals surface area contributed by atoms with E-state index < -0.39 is 33.7 Å². The molecule has 0 spiro atoms. The van der Waals surface area contributed by atoms with Crippen molar-refractivity contribution < 1.29 is 22.7 Å². The highest BCUT2D eigenvalue weighted by Crippen LogP contribution is 2.15. The summed E-state index contributed by atoms with van der Waals surface area (Å²) in [6.07, 6.45) is 3.95. The predicted octanol–water partition coefficient (Wildman–Crippen LogP) is 2.56. The molecule has 0 aliphatic rings. The minimum absolute atomic E-state index is 0.0183. The second kappa shape index (κ2) is 10.4. The summed E-state index contributed by atoms with van der Waals surface area (Å²) in [5.74, 6) is -0.436. The minimum atomic E-state index is -3.83. The number of aryl methyl sites for hydroxylation is 1. The maximum absolute atomic E-state index is 12.8. The number of hydrogen-bond acceptors (Lipinski definition) is 6. The van der Waals surface area contributed by atoms with E-state index in [1.54, 1.807) is 39.0 Å². The molecule has 1 aromatic heterocycles. The molecule has 2 amide bonds. The molecule has 0 saturated heterocycles. The van der Waals surface area contributed by atoms with Gasteiger partial charge in [-0.25, -0.2) is 22.2 Å². The van der Waals surface area contributed by atoms with E-state index in [1.807, 2.05) is 6.92 Å². The van der Waals surface area contributed by atoms with E-state index in [2.05, 4.69) is 22.2 Å². The van der Waals surface area contributed by atoms with Gasteiger partial charge in [0.25, 0.3) is 10.0 Å². The number of ether oxygens (including phenoxy) is 1. The van der Waals surface area contributed by atoms with Crippen LogP contribution < -0.4 is 10.6 Å². The first-order valence-corrected chi connectivity index (χ1v) is 11.6. The van der Waals surface area contributed by atoms with Gasteiger partial charge in [-0.3, -0.25) is 4.79 Å². The Morgan fingerprint density at radius 3 is 2.50 bits per heavy atom. The number of imidazole rings is 1. The van der Waals surface area contributed by atoms with Gasteiger partial charge < -0.3 is 15.4 Å². The Balaban J connectivity index is 2.20. The second-order valence-corrected chi connectivity index (χ2v) is 10.1. The van der Waals surface area contributed by atoms with E-state index in [1.165, 1.54) is 24.7 Å². The third kappa shape index (κ3) is 7.23. The van der Waals surface area contributed by atoms with E-state index in [-0.39, 0.29) is 11.3 Å². The SMILES string of the molecule is C=CCCNC(=O)[C@H](Cc1cn(S(=O)(=O)c2ccc(C)cc2)cn1)NC(=O)OC(C)(C)C. The lowest BCUT2D eigenvalue weighted by atomic mass is 10.1. The molecule has 0 radical (unpaired) electrons. The van der Waals surface area contributed by atoms with Crippen LogP contribution in [0, 0.1) is 6.92 Å². The fourth-order valence-electron chi connectivity index (χ4n) is 2.70. The molecule has 0 unspecified atom stereocenters. The fraction of sp³-hybridized carbons (Fsp3) is 0.409. The Kier molecular flexibility index (Phi) is 8.20. The highest BCUT2D eigenvalue weighted by atomic mass is 32.2. The monoisotopic (exact) mass is 462 g/mol. The van der Waals surface area contributed by atoms with Crippen LogP contribution in [-0.2, 0) is 26.0 Å². The lowest BCUT2D eigenvalue weighted by Gasteiger charge is -2.23. The summed E-state index contributed by atoms with van der Waals surface area (Å²) in [6.45, 7) is 11.0. The lowest BCUT2D eigenvalue weighted by molar-refractivity contribution is -0.123. The van der Waals surface area contributed by atoms with Gasteiger partial charge in [0.2, 0.25) is 5.91 Å². The van der Waals surface area contributed by atoms with Gasteiger partial charge in [0.1, 0.15) is 18.0 Å². The van der Waals surface area contributed by atoms with Gasteiger partial charge in [0.15, 0.2) is 0 Å². The van der Waals surface area contributed by atoms with E-state index in [4.69, 9.17) is 4.74 Å². The molecule has 2 rings (SSSR count). The molecule has 0 bridgehead atoms. The summed E-state index contributed by atoms with van der Waals surface area (Å²) in [5.41, 5.74) is 0.520. The van der Waals surface area contributed by atoms with Crippen LogP contribution in [0.1, 0.15) is 38.4 Å². The van der Waals surface area contributed by atoms with Gasteiger partial charge in [0, 0.05) is 19.2 Å². The molecule has 32 heavy (non-hydrogen) atoms. The molecule has 0 fully saturated rings. The average molecular weight is 463 g/mol. The Labute approximate surface area is 188 Å². The number of rotatable bonds is 9. The molecular weight excluding hydrogens is 432 g/mol. The predicted molar refractivity (Wildman–Crippen MR) is 121 cm³/mol. The van der Waals surface area contributed by atoms with Crippen LogP contribution in [0.4, 0.5) is 4.79 Å². The van der Waals surface area contributed by atoms with Crippen LogP contribution >= 0.6 is 0 Å². The lowest BCUT2D eigenvalue weighted by Crippen LogP contribution is -2.49. The molecule has 174 valence electrons. The van der Waals surface area contributed by atoms with E-state index >= 15 is 0 Å². The van der Waals surface area contributed by atoms with Crippen LogP contribution in [0.3, 0.4) is 0 Å². The zero-order chi connectivity index (χ0) is 23.9. The van der Waals surface area contributed by atoms with Crippen LogP contribution in [0.2, 0.25) is 0 Å². The maximum atomic E-state index is 12.8. The number of alkyl carbamates (subject to hydrolysis) is 1. The topological polar surface area (TPSA) is 119 Å². The third-order valence-electron chi connectivity index (χ3n) is 4.28. The molecule has 1 aromatic carbocycles. The zero-order valence-electron chi connectivity index (χ0n) is 18.8. The summed E-state index contributed by atoms with van der Waals surface area (Å²) in [7, 11) is -3.83. The number of carbonyl (C=O) groups is 2. The van der Waals surface area contributed by atoms with Gasteiger partial charge in [-0.2, -0.15) is 0 Å².